The number of hydrogen-bond acceptors (Lipinski definition) is 1. The summed E-state index contributed by atoms with van der Waals surface area (Å²) >= 11 is 7.31. The van der Waals surface area contributed by atoms with E-state index in [-0.39, 0.29) is 9.93 Å². The van der Waals surface area contributed by atoms with Gasteiger partial charge in [-0.05, 0) is 26.7 Å². The van der Waals surface area contributed by atoms with E-state index >= 15 is 0 Å². The van der Waals surface area contributed by atoms with Crippen LogP contribution in [0.25, 0.3) is 0 Å². The van der Waals surface area contributed by atoms with Gasteiger partial charge in [0.1, 0.15) is 5.60 Å². The fraction of sp³-hybridized carbons (Fsp3) is 0.800. The van der Waals surface area contributed by atoms with Crippen molar-refractivity contribution in [3.63, 3.8) is 0 Å². The van der Waals surface area contributed by atoms with E-state index in [2.05, 4.69) is 52.3 Å². The van der Waals surface area contributed by atoms with Gasteiger partial charge in [-0.25, -0.2) is 0 Å². The van der Waals surface area contributed by atoms with Crippen LogP contribution in [0.15, 0.2) is 12.7 Å². The Morgan fingerprint density at radius 1 is 1.69 bits per heavy atom. The molecule has 1 rings (SSSR count). The van der Waals surface area contributed by atoms with Gasteiger partial charge in [-0.1, -0.05) is 37.9 Å². The zero-order valence-corrected chi connectivity index (χ0v) is 11.3. The molecule has 1 nitrogen and oxygen atoms in total. The topological polar surface area (TPSA) is 12.5 Å². The van der Waals surface area contributed by atoms with Crippen LogP contribution in [0.3, 0.4) is 0 Å². The zero-order chi connectivity index (χ0) is 10.1. The average molecular weight is 312 g/mol. The largest absolute Gasteiger partial charge is 0.365 e. The molecule has 2 atom stereocenters. The molecule has 0 amide bonds. The van der Waals surface area contributed by atoms with E-state index in [0.29, 0.717) is 4.83 Å². The monoisotopic (exact) mass is 310 g/mol. The highest BCUT2D eigenvalue weighted by Gasteiger charge is 2.42. The van der Waals surface area contributed by atoms with Crippen LogP contribution in [-0.4, -0.2) is 21.4 Å². The molecular formula is C10H16Br2O. The molecule has 0 aliphatic carbocycles. The Kier molecular flexibility index (Phi) is 3.64. The molecule has 2 unspecified atom stereocenters. The van der Waals surface area contributed by atoms with E-state index in [0.717, 1.165) is 19.4 Å². The lowest BCUT2D eigenvalue weighted by Gasteiger charge is -2.24. The molecule has 0 aromatic heterocycles. The maximum absolute atomic E-state index is 5.35. The lowest BCUT2D eigenvalue weighted by atomic mass is 9.99. The van der Waals surface area contributed by atoms with Crippen LogP contribution < -0.4 is 0 Å². The van der Waals surface area contributed by atoms with Gasteiger partial charge in [0.25, 0.3) is 0 Å². The van der Waals surface area contributed by atoms with Gasteiger partial charge in [-0.3, -0.25) is 0 Å². The lowest BCUT2D eigenvalue weighted by Crippen LogP contribution is -2.25. The third-order valence-corrected chi connectivity index (χ3v) is 5.22. The summed E-state index contributed by atoms with van der Waals surface area (Å²) in [7, 11) is 0. The molecule has 1 saturated heterocycles. The number of halogens is 2. The average Bonchev–Trinajstić information content (AvgIpc) is 2.79. The second-order valence-electron chi connectivity index (χ2n) is 4.13. The summed E-state index contributed by atoms with van der Waals surface area (Å²) in [5.41, 5.74) is 0.00424. The predicted octanol–water partition coefficient (Wildman–Crippen LogP) is 3.66. The van der Waals surface area contributed by atoms with Gasteiger partial charge in [0.15, 0.2) is 0 Å². The molecule has 0 aromatic carbocycles. The van der Waals surface area contributed by atoms with Crippen molar-refractivity contribution >= 4 is 31.9 Å². The van der Waals surface area contributed by atoms with E-state index in [4.69, 9.17) is 4.74 Å². The first-order valence-corrected chi connectivity index (χ1v) is 6.21. The smallest absolute Gasteiger partial charge is 0.109 e. The summed E-state index contributed by atoms with van der Waals surface area (Å²) in [6.45, 7) is 8.96. The Balaban J connectivity index is 2.30. The van der Waals surface area contributed by atoms with Crippen molar-refractivity contribution in [3.05, 3.63) is 12.7 Å². The molecule has 0 N–H and O–H groups in total. The molecule has 1 heterocycles. The van der Waals surface area contributed by atoms with E-state index in [1.807, 2.05) is 6.08 Å². The fourth-order valence-corrected chi connectivity index (χ4v) is 1.63. The van der Waals surface area contributed by atoms with Gasteiger partial charge < -0.3 is 4.74 Å². The zero-order valence-electron chi connectivity index (χ0n) is 8.15. The fourth-order valence-electron chi connectivity index (χ4n) is 1.17. The highest BCUT2D eigenvalue weighted by Crippen LogP contribution is 2.38. The summed E-state index contributed by atoms with van der Waals surface area (Å²) < 4.78 is 5.50. The molecule has 13 heavy (non-hydrogen) atoms. The molecule has 1 fully saturated rings. The Bertz CT molecular complexity index is 192. The standard InChI is InChI=1S/C10H16Br2O/c1-4-10(7-13-10)6-5-8(11)9(2,3)12/h4,8H,1,5-7H2,2-3H3. The molecular weight excluding hydrogens is 296 g/mol. The van der Waals surface area contributed by atoms with Crippen molar-refractivity contribution in [2.45, 2.75) is 41.4 Å². The number of rotatable bonds is 5. The quantitative estimate of drug-likeness (QED) is 0.429. The minimum absolute atomic E-state index is 0.00424. The van der Waals surface area contributed by atoms with Crippen molar-refractivity contribution in [1.82, 2.24) is 0 Å². The molecule has 1 aliphatic rings. The van der Waals surface area contributed by atoms with Crippen LogP contribution in [-0.2, 0) is 4.74 Å². The van der Waals surface area contributed by atoms with E-state index in [1.165, 1.54) is 0 Å². The van der Waals surface area contributed by atoms with Gasteiger partial charge in [-0.2, -0.15) is 0 Å². The second-order valence-corrected chi connectivity index (χ2v) is 7.28. The van der Waals surface area contributed by atoms with Gasteiger partial charge in [0.05, 0.1) is 6.61 Å². The first-order chi connectivity index (χ1) is 5.90. The summed E-state index contributed by atoms with van der Waals surface area (Å²) in [5.74, 6) is 0. The van der Waals surface area contributed by atoms with Gasteiger partial charge in [0, 0.05) is 9.15 Å². The van der Waals surface area contributed by atoms with Crippen molar-refractivity contribution in [2.24, 2.45) is 0 Å². The van der Waals surface area contributed by atoms with Crippen LogP contribution >= 0.6 is 31.9 Å². The van der Waals surface area contributed by atoms with Crippen molar-refractivity contribution < 1.29 is 4.74 Å². The first-order valence-electron chi connectivity index (χ1n) is 4.50. The van der Waals surface area contributed by atoms with Crippen molar-refractivity contribution in [1.29, 1.82) is 0 Å². The Labute approximate surface area is 97.2 Å². The SMILES string of the molecule is C=CC1(CCC(Br)C(C)(C)Br)CO1. The molecule has 1 aliphatic heterocycles. The number of epoxide rings is 1. The van der Waals surface area contributed by atoms with Crippen molar-refractivity contribution in [2.75, 3.05) is 6.61 Å². The van der Waals surface area contributed by atoms with E-state index in [1.54, 1.807) is 0 Å². The maximum atomic E-state index is 5.35. The van der Waals surface area contributed by atoms with E-state index in [9.17, 15) is 0 Å². The molecule has 0 radical (unpaired) electrons. The minimum Gasteiger partial charge on any atom is -0.365 e. The Morgan fingerprint density at radius 3 is 2.54 bits per heavy atom. The minimum atomic E-state index is 0.00424. The number of alkyl halides is 2. The van der Waals surface area contributed by atoms with Gasteiger partial charge in [-0.15, -0.1) is 6.58 Å². The summed E-state index contributed by atoms with van der Waals surface area (Å²) in [4.78, 5) is 0.473. The summed E-state index contributed by atoms with van der Waals surface area (Å²) in [5, 5.41) is 0. The molecule has 0 aromatic rings. The predicted molar refractivity (Wildman–Crippen MR) is 63.8 cm³/mol. The van der Waals surface area contributed by atoms with Crippen LogP contribution in [0.4, 0.5) is 0 Å². The summed E-state index contributed by atoms with van der Waals surface area (Å²) in [6, 6.07) is 0. The third kappa shape index (κ3) is 3.37. The van der Waals surface area contributed by atoms with E-state index < -0.39 is 0 Å². The van der Waals surface area contributed by atoms with Crippen LogP contribution in [0.2, 0.25) is 0 Å². The van der Waals surface area contributed by atoms with Gasteiger partial charge in [0.2, 0.25) is 0 Å². The molecule has 0 spiro atoms. The molecule has 0 saturated carbocycles. The Morgan fingerprint density at radius 2 is 2.23 bits per heavy atom. The van der Waals surface area contributed by atoms with Crippen LogP contribution in [0, 0.1) is 0 Å². The van der Waals surface area contributed by atoms with Crippen LogP contribution in [0.5, 0.6) is 0 Å². The molecule has 3 heteroatoms. The summed E-state index contributed by atoms with van der Waals surface area (Å²) in [6.07, 6.45) is 4.08. The highest BCUT2D eigenvalue weighted by molar-refractivity contribution is 9.12. The molecule has 0 bridgehead atoms. The number of ether oxygens (including phenoxy) is 1. The second kappa shape index (κ2) is 4.03. The van der Waals surface area contributed by atoms with Crippen molar-refractivity contribution in [3.8, 4) is 0 Å². The number of hydrogen-bond donors (Lipinski definition) is 0. The first kappa shape index (κ1) is 11.7. The normalized spacial score (nSPS) is 29.8. The highest BCUT2D eigenvalue weighted by atomic mass is 79.9. The molecule has 76 valence electrons. The maximum Gasteiger partial charge on any atom is 0.109 e. The third-order valence-electron chi connectivity index (χ3n) is 2.45. The van der Waals surface area contributed by atoms with Gasteiger partial charge >= 0.3 is 0 Å². The Hall–Kier alpha value is 0.660. The lowest BCUT2D eigenvalue weighted by molar-refractivity contribution is 0.329. The van der Waals surface area contributed by atoms with Crippen LogP contribution in [0.1, 0.15) is 26.7 Å².